The summed E-state index contributed by atoms with van der Waals surface area (Å²) in [5, 5.41) is 11.6. The third-order valence-electron chi connectivity index (χ3n) is 3.90. The summed E-state index contributed by atoms with van der Waals surface area (Å²) in [7, 11) is 1.62. The van der Waals surface area contributed by atoms with Crippen molar-refractivity contribution in [1.82, 2.24) is 14.9 Å². The molecule has 0 aliphatic rings. The standard InChI is InChI=1S/C19H25N3O5/c1-26-17-7-5-15(6-8-17)12-27-13-16(11-22-10-9-20-14-22)21-18(23)3-2-4-19(24)25/h5-10,14,16H,2-4,11-13H2,1H3,(H,21,23)(H,24,25). The summed E-state index contributed by atoms with van der Waals surface area (Å²) in [6.45, 7) is 1.27. The molecule has 0 aliphatic heterocycles. The third-order valence-corrected chi connectivity index (χ3v) is 3.90. The van der Waals surface area contributed by atoms with Gasteiger partial charge in [0.05, 0.1) is 32.7 Å². The summed E-state index contributed by atoms with van der Waals surface area (Å²) in [6.07, 6.45) is 5.62. The minimum Gasteiger partial charge on any atom is -0.497 e. The molecule has 1 aromatic carbocycles. The highest BCUT2D eigenvalue weighted by Crippen LogP contribution is 2.12. The molecular weight excluding hydrogens is 350 g/mol. The van der Waals surface area contributed by atoms with Gasteiger partial charge in [-0.2, -0.15) is 0 Å². The Morgan fingerprint density at radius 2 is 2.04 bits per heavy atom. The summed E-state index contributed by atoms with van der Waals surface area (Å²) >= 11 is 0. The van der Waals surface area contributed by atoms with Crippen LogP contribution in [0.15, 0.2) is 43.0 Å². The van der Waals surface area contributed by atoms with Gasteiger partial charge in [0.1, 0.15) is 5.75 Å². The lowest BCUT2D eigenvalue weighted by molar-refractivity contribution is -0.137. The van der Waals surface area contributed by atoms with Gasteiger partial charge >= 0.3 is 5.97 Å². The number of carboxylic acids is 1. The number of hydrogen-bond donors (Lipinski definition) is 2. The van der Waals surface area contributed by atoms with Crippen molar-refractivity contribution in [1.29, 1.82) is 0 Å². The van der Waals surface area contributed by atoms with E-state index in [9.17, 15) is 9.59 Å². The lowest BCUT2D eigenvalue weighted by Crippen LogP contribution is -2.41. The molecule has 0 saturated heterocycles. The average molecular weight is 375 g/mol. The van der Waals surface area contributed by atoms with Crippen molar-refractivity contribution in [2.24, 2.45) is 0 Å². The Morgan fingerprint density at radius 1 is 1.26 bits per heavy atom. The molecule has 1 amide bonds. The zero-order valence-corrected chi connectivity index (χ0v) is 15.3. The van der Waals surface area contributed by atoms with Gasteiger partial charge in [-0.25, -0.2) is 4.98 Å². The number of methoxy groups -OCH3 is 1. The van der Waals surface area contributed by atoms with Crippen LogP contribution in [0.25, 0.3) is 0 Å². The van der Waals surface area contributed by atoms with E-state index in [1.807, 2.05) is 35.0 Å². The van der Waals surface area contributed by atoms with E-state index in [2.05, 4.69) is 10.3 Å². The van der Waals surface area contributed by atoms with Crippen molar-refractivity contribution >= 4 is 11.9 Å². The number of rotatable bonds is 12. The number of carbonyl (C=O) groups excluding carboxylic acids is 1. The molecule has 0 aliphatic carbocycles. The molecule has 0 spiro atoms. The maximum absolute atomic E-state index is 12.1. The average Bonchev–Trinajstić information content (AvgIpc) is 3.15. The molecule has 2 aromatic rings. The first-order valence-corrected chi connectivity index (χ1v) is 8.74. The van der Waals surface area contributed by atoms with Gasteiger partial charge in [-0.1, -0.05) is 12.1 Å². The molecule has 8 heteroatoms. The van der Waals surface area contributed by atoms with Gasteiger partial charge in [-0.3, -0.25) is 9.59 Å². The predicted molar refractivity (Wildman–Crippen MR) is 98.3 cm³/mol. The number of nitrogens with one attached hydrogen (secondary N) is 1. The van der Waals surface area contributed by atoms with Gasteiger partial charge in [0.25, 0.3) is 0 Å². The minimum absolute atomic E-state index is 0.0203. The van der Waals surface area contributed by atoms with Gasteiger partial charge in [0.2, 0.25) is 5.91 Å². The highest BCUT2D eigenvalue weighted by molar-refractivity contribution is 5.77. The van der Waals surface area contributed by atoms with Crippen molar-refractivity contribution in [3.8, 4) is 5.75 Å². The normalized spacial score (nSPS) is 11.7. The van der Waals surface area contributed by atoms with Crippen LogP contribution in [0.2, 0.25) is 0 Å². The molecule has 1 heterocycles. The minimum atomic E-state index is -0.902. The highest BCUT2D eigenvalue weighted by Gasteiger charge is 2.14. The van der Waals surface area contributed by atoms with Gasteiger partial charge in [-0.05, 0) is 24.1 Å². The first-order valence-electron chi connectivity index (χ1n) is 8.74. The number of carbonyl (C=O) groups is 2. The van der Waals surface area contributed by atoms with E-state index >= 15 is 0 Å². The van der Waals surface area contributed by atoms with Crippen LogP contribution in [0.1, 0.15) is 24.8 Å². The summed E-state index contributed by atoms with van der Waals surface area (Å²) in [5.41, 5.74) is 1.00. The number of hydrogen-bond acceptors (Lipinski definition) is 5. The molecule has 2 rings (SSSR count). The number of amides is 1. The van der Waals surface area contributed by atoms with Crippen molar-refractivity contribution in [2.45, 2.75) is 38.5 Å². The molecule has 8 nitrogen and oxygen atoms in total. The fraction of sp³-hybridized carbons (Fsp3) is 0.421. The van der Waals surface area contributed by atoms with E-state index in [1.165, 1.54) is 0 Å². The summed E-state index contributed by atoms with van der Waals surface area (Å²) in [4.78, 5) is 26.6. The molecule has 0 fully saturated rings. The van der Waals surface area contributed by atoms with Crippen LogP contribution in [0, 0.1) is 0 Å². The lowest BCUT2D eigenvalue weighted by atomic mass is 10.2. The van der Waals surface area contributed by atoms with Crippen LogP contribution >= 0.6 is 0 Å². The second-order valence-electron chi connectivity index (χ2n) is 6.13. The Hall–Kier alpha value is -2.87. The van der Waals surface area contributed by atoms with Crippen LogP contribution in [-0.2, 0) is 27.5 Å². The first kappa shape index (κ1) is 20.4. The maximum Gasteiger partial charge on any atom is 0.303 e. The Bertz CT molecular complexity index is 701. The van der Waals surface area contributed by atoms with Crippen molar-refractivity contribution in [3.05, 3.63) is 48.5 Å². The fourth-order valence-corrected chi connectivity index (χ4v) is 2.53. The quantitative estimate of drug-likeness (QED) is 0.587. The number of ether oxygens (including phenoxy) is 2. The van der Waals surface area contributed by atoms with Gasteiger partial charge in [0, 0.05) is 31.8 Å². The van der Waals surface area contributed by atoms with Crippen LogP contribution in [-0.4, -0.2) is 46.3 Å². The Morgan fingerprint density at radius 3 is 2.67 bits per heavy atom. The van der Waals surface area contributed by atoms with E-state index in [0.717, 1.165) is 11.3 Å². The van der Waals surface area contributed by atoms with Crippen molar-refractivity contribution in [2.75, 3.05) is 13.7 Å². The van der Waals surface area contributed by atoms with Crippen molar-refractivity contribution in [3.63, 3.8) is 0 Å². The fourth-order valence-electron chi connectivity index (χ4n) is 2.53. The number of aromatic nitrogens is 2. The topological polar surface area (TPSA) is 103 Å². The largest absolute Gasteiger partial charge is 0.497 e. The molecular formula is C19H25N3O5. The first-order chi connectivity index (χ1) is 13.1. The Balaban J connectivity index is 1.83. The lowest BCUT2D eigenvalue weighted by Gasteiger charge is -2.19. The number of aliphatic carboxylic acids is 1. The molecule has 146 valence electrons. The Labute approximate surface area is 158 Å². The van der Waals surface area contributed by atoms with Gasteiger partial charge in [0.15, 0.2) is 0 Å². The van der Waals surface area contributed by atoms with E-state index < -0.39 is 5.97 Å². The van der Waals surface area contributed by atoms with E-state index in [-0.39, 0.29) is 24.8 Å². The summed E-state index contributed by atoms with van der Waals surface area (Å²) in [6, 6.07) is 7.34. The van der Waals surface area contributed by atoms with Crippen molar-refractivity contribution < 1.29 is 24.2 Å². The number of nitrogens with zero attached hydrogens (tertiary/aromatic N) is 2. The zero-order valence-electron chi connectivity index (χ0n) is 15.3. The molecule has 0 bridgehead atoms. The molecule has 0 radical (unpaired) electrons. The maximum atomic E-state index is 12.1. The summed E-state index contributed by atoms with van der Waals surface area (Å²) < 4.78 is 12.8. The van der Waals surface area contributed by atoms with Crippen LogP contribution < -0.4 is 10.1 Å². The molecule has 2 N–H and O–H groups in total. The van der Waals surface area contributed by atoms with Gasteiger partial charge < -0.3 is 24.5 Å². The molecule has 1 unspecified atom stereocenters. The van der Waals surface area contributed by atoms with Crippen LogP contribution in [0.5, 0.6) is 5.75 Å². The third kappa shape index (κ3) is 7.91. The van der Waals surface area contributed by atoms with Crippen LogP contribution in [0.3, 0.4) is 0 Å². The zero-order chi connectivity index (χ0) is 19.5. The second-order valence-corrected chi connectivity index (χ2v) is 6.13. The van der Waals surface area contributed by atoms with Crippen LogP contribution in [0.4, 0.5) is 0 Å². The predicted octanol–water partition coefficient (Wildman–Crippen LogP) is 1.85. The van der Waals surface area contributed by atoms with E-state index in [4.69, 9.17) is 14.6 Å². The smallest absolute Gasteiger partial charge is 0.303 e. The SMILES string of the molecule is COc1ccc(COCC(Cn2ccnc2)NC(=O)CCCC(=O)O)cc1. The molecule has 1 atom stereocenters. The number of benzene rings is 1. The second kappa shape index (κ2) is 11.0. The number of imidazole rings is 1. The molecule has 1 aromatic heterocycles. The van der Waals surface area contributed by atoms with E-state index in [0.29, 0.717) is 26.2 Å². The number of carboxylic acid groups (broad SMARTS) is 1. The highest BCUT2D eigenvalue weighted by atomic mass is 16.5. The molecule has 0 saturated carbocycles. The summed E-state index contributed by atoms with van der Waals surface area (Å²) in [5.74, 6) is -0.305. The molecule has 27 heavy (non-hydrogen) atoms. The van der Waals surface area contributed by atoms with Gasteiger partial charge in [-0.15, -0.1) is 0 Å². The Kier molecular flexibility index (Phi) is 8.31. The monoisotopic (exact) mass is 375 g/mol. The van der Waals surface area contributed by atoms with E-state index in [1.54, 1.807) is 19.6 Å².